The molecule has 2 heterocycles. The number of carbonyl (C=O) groups excluding carboxylic acids is 1. The van der Waals surface area contributed by atoms with E-state index in [1.165, 1.54) is 34.9 Å². The molecule has 0 unspecified atom stereocenters. The number of rotatable bonds is 8. The fourth-order valence-electron chi connectivity index (χ4n) is 2.20. The van der Waals surface area contributed by atoms with E-state index in [4.69, 9.17) is 0 Å². The van der Waals surface area contributed by atoms with Gasteiger partial charge in [-0.2, -0.15) is 20.1 Å². The molecule has 0 aliphatic rings. The number of hydrogen-bond acceptors (Lipinski definition) is 5. The number of alkyl halides is 4. The Balaban J connectivity index is 1.59. The van der Waals surface area contributed by atoms with Crippen LogP contribution in [0.2, 0.25) is 0 Å². The number of hydrogen-bond donors (Lipinski definition) is 1. The fraction of sp³-hybridized carbons (Fsp3) is 0.222. The number of nitrogens with zero attached hydrogens (tertiary/aromatic N) is 1. The van der Waals surface area contributed by atoms with Crippen LogP contribution in [0.15, 0.2) is 47.3 Å². The molecule has 28 heavy (non-hydrogen) atoms. The minimum Gasteiger partial charge on any atom is -0.370 e. The molecule has 0 bridgehead atoms. The number of amides is 1. The zero-order valence-electron chi connectivity index (χ0n) is 14.2. The summed E-state index contributed by atoms with van der Waals surface area (Å²) in [6.45, 7) is -1.66. The second kappa shape index (κ2) is 8.80. The maximum absolute atomic E-state index is 12.9. The number of thiophene rings is 1. The van der Waals surface area contributed by atoms with Crippen LogP contribution in [0.3, 0.4) is 0 Å². The van der Waals surface area contributed by atoms with Gasteiger partial charge in [0.25, 0.3) is 5.91 Å². The number of nitrogens with one attached hydrogen (secondary N) is 1. The molecule has 3 rings (SSSR count). The quantitative estimate of drug-likeness (QED) is 0.478. The van der Waals surface area contributed by atoms with E-state index in [0.717, 1.165) is 10.6 Å². The standard InChI is InChI=1S/C18H14F4N2O2S2/c19-17(20)18(21,22)10-26-8-11-2-1-3-13(6-11)24-15(25)14-7-23-16(28-14)12-4-5-27-9-12/h1-7,9,17H,8,10H2,(H,24,25). The highest BCUT2D eigenvalue weighted by Crippen LogP contribution is 2.27. The topological polar surface area (TPSA) is 51.2 Å². The molecule has 0 aliphatic carbocycles. The van der Waals surface area contributed by atoms with E-state index in [2.05, 4.69) is 15.0 Å². The zero-order valence-corrected chi connectivity index (χ0v) is 15.8. The van der Waals surface area contributed by atoms with Crippen molar-refractivity contribution in [3.63, 3.8) is 0 Å². The Labute approximate surface area is 165 Å². The third-order valence-corrected chi connectivity index (χ3v) is 5.29. The van der Waals surface area contributed by atoms with Crippen molar-refractivity contribution >= 4 is 34.3 Å². The second-order valence-electron chi connectivity index (χ2n) is 5.75. The number of anilines is 1. The van der Waals surface area contributed by atoms with Crippen molar-refractivity contribution in [3.8, 4) is 10.6 Å². The number of halogens is 4. The minimum absolute atomic E-state index is 0.283. The molecular weight excluding hydrogens is 416 g/mol. The van der Waals surface area contributed by atoms with Crippen molar-refractivity contribution in [1.82, 2.24) is 4.98 Å². The first kappa shape index (κ1) is 20.4. The molecule has 0 aliphatic heterocycles. The zero-order chi connectivity index (χ0) is 20.1. The Bertz CT molecular complexity index is 929. The number of aromatic nitrogens is 1. The van der Waals surface area contributed by atoms with Crippen LogP contribution in [0.25, 0.3) is 10.6 Å². The van der Waals surface area contributed by atoms with E-state index >= 15 is 0 Å². The van der Waals surface area contributed by atoms with Gasteiger partial charge in [-0.1, -0.05) is 12.1 Å². The van der Waals surface area contributed by atoms with Crippen LogP contribution in [-0.2, 0) is 11.3 Å². The molecule has 1 amide bonds. The molecule has 0 fully saturated rings. The molecule has 0 saturated heterocycles. The summed E-state index contributed by atoms with van der Waals surface area (Å²) in [5.41, 5.74) is 1.83. The molecule has 0 saturated carbocycles. The summed E-state index contributed by atoms with van der Waals surface area (Å²) in [5.74, 6) is -4.56. The Morgan fingerprint density at radius 1 is 1.29 bits per heavy atom. The smallest absolute Gasteiger partial charge is 0.330 e. The van der Waals surface area contributed by atoms with Gasteiger partial charge < -0.3 is 10.1 Å². The van der Waals surface area contributed by atoms with Crippen LogP contribution >= 0.6 is 22.7 Å². The average Bonchev–Trinajstić information content (AvgIpc) is 3.33. The van der Waals surface area contributed by atoms with Crippen molar-refractivity contribution in [2.24, 2.45) is 0 Å². The number of benzene rings is 1. The first-order valence-corrected chi connectivity index (χ1v) is 9.73. The number of thiazole rings is 1. The maximum Gasteiger partial charge on any atom is 0.330 e. The third kappa shape index (κ3) is 5.15. The van der Waals surface area contributed by atoms with E-state index in [1.54, 1.807) is 18.2 Å². The first-order chi connectivity index (χ1) is 13.3. The predicted molar refractivity (Wildman–Crippen MR) is 100 cm³/mol. The minimum atomic E-state index is -4.20. The lowest BCUT2D eigenvalue weighted by molar-refractivity contribution is -0.168. The summed E-state index contributed by atoms with van der Waals surface area (Å²) in [7, 11) is 0. The molecule has 1 aromatic carbocycles. The molecule has 3 aromatic rings. The van der Waals surface area contributed by atoms with E-state index < -0.39 is 19.0 Å². The molecule has 0 spiro atoms. The number of ether oxygens (including phenoxy) is 1. The summed E-state index contributed by atoms with van der Waals surface area (Å²) in [4.78, 5) is 17.0. The maximum atomic E-state index is 12.9. The monoisotopic (exact) mass is 430 g/mol. The lowest BCUT2D eigenvalue weighted by atomic mass is 10.2. The van der Waals surface area contributed by atoms with Crippen LogP contribution in [0, 0.1) is 0 Å². The first-order valence-electron chi connectivity index (χ1n) is 7.97. The Morgan fingerprint density at radius 3 is 2.82 bits per heavy atom. The van der Waals surface area contributed by atoms with E-state index in [1.807, 2.05) is 16.8 Å². The molecule has 0 atom stereocenters. The van der Waals surface area contributed by atoms with Gasteiger partial charge in [-0.3, -0.25) is 4.79 Å². The average molecular weight is 430 g/mol. The summed E-state index contributed by atoms with van der Waals surface area (Å²) in [5, 5.41) is 7.27. The van der Waals surface area contributed by atoms with Crippen molar-refractivity contribution in [1.29, 1.82) is 0 Å². The molecule has 2 aromatic heterocycles. The SMILES string of the molecule is O=C(Nc1cccc(COCC(F)(F)C(F)F)c1)c1cnc(-c2ccsc2)s1. The number of carbonyl (C=O) groups is 1. The van der Waals surface area contributed by atoms with E-state index in [0.29, 0.717) is 16.1 Å². The summed E-state index contributed by atoms with van der Waals surface area (Å²) >= 11 is 2.78. The fourth-order valence-corrected chi connectivity index (χ4v) is 3.72. The van der Waals surface area contributed by atoms with E-state index in [9.17, 15) is 22.4 Å². The van der Waals surface area contributed by atoms with Gasteiger partial charge in [0.15, 0.2) is 0 Å². The van der Waals surface area contributed by atoms with Crippen molar-refractivity contribution in [3.05, 3.63) is 57.7 Å². The van der Waals surface area contributed by atoms with Gasteiger partial charge >= 0.3 is 12.3 Å². The van der Waals surface area contributed by atoms with Crippen molar-refractivity contribution < 1.29 is 27.1 Å². The highest BCUT2D eigenvalue weighted by atomic mass is 32.1. The van der Waals surface area contributed by atoms with Crippen LogP contribution in [0.5, 0.6) is 0 Å². The van der Waals surface area contributed by atoms with Gasteiger partial charge in [0.05, 0.1) is 12.8 Å². The molecule has 10 heteroatoms. The Morgan fingerprint density at radius 2 is 2.11 bits per heavy atom. The predicted octanol–water partition coefficient (Wildman–Crippen LogP) is 5.54. The van der Waals surface area contributed by atoms with Gasteiger partial charge in [-0.25, -0.2) is 13.8 Å². The lowest BCUT2D eigenvalue weighted by Crippen LogP contribution is -2.32. The summed E-state index contributed by atoms with van der Waals surface area (Å²) in [6, 6.07) is 8.24. The highest BCUT2D eigenvalue weighted by molar-refractivity contribution is 7.17. The van der Waals surface area contributed by atoms with Crippen LogP contribution in [0.4, 0.5) is 23.2 Å². The third-order valence-electron chi connectivity index (χ3n) is 3.56. The van der Waals surface area contributed by atoms with Crippen molar-refractivity contribution in [2.45, 2.75) is 19.0 Å². The van der Waals surface area contributed by atoms with Crippen molar-refractivity contribution in [2.75, 3.05) is 11.9 Å². The summed E-state index contributed by atoms with van der Waals surface area (Å²) < 4.78 is 54.6. The second-order valence-corrected chi connectivity index (χ2v) is 7.56. The molecule has 4 nitrogen and oxygen atoms in total. The molecular formula is C18H14F4N2O2S2. The van der Waals surface area contributed by atoms with Gasteiger partial charge in [0, 0.05) is 16.6 Å². The molecule has 0 radical (unpaired) electrons. The van der Waals surface area contributed by atoms with Gasteiger partial charge in [-0.05, 0) is 29.1 Å². The highest BCUT2D eigenvalue weighted by Gasteiger charge is 2.40. The van der Waals surface area contributed by atoms with Gasteiger partial charge in [0.1, 0.15) is 16.5 Å². The van der Waals surface area contributed by atoms with Crippen LogP contribution in [-0.4, -0.2) is 29.8 Å². The Kier molecular flexibility index (Phi) is 6.42. The van der Waals surface area contributed by atoms with Crippen LogP contribution in [0.1, 0.15) is 15.2 Å². The normalized spacial score (nSPS) is 11.8. The van der Waals surface area contributed by atoms with Gasteiger partial charge in [-0.15, -0.1) is 11.3 Å². The Hall–Kier alpha value is -2.30. The lowest BCUT2D eigenvalue weighted by Gasteiger charge is -2.15. The molecule has 148 valence electrons. The molecule has 1 N–H and O–H groups in total. The summed E-state index contributed by atoms with van der Waals surface area (Å²) in [6.07, 6.45) is -2.30. The van der Waals surface area contributed by atoms with Crippen LogP contribution < -0.4 is 5.32 Å². The van der Waals surface area contributed by atoms with E-state index in [-0.39, 0.29) is 12.5 Å². The van der Waals surface area contributed by atoms with Gasteiger partial charge in [0.2, 0.25) is 0 Å². The largest absolute Gasteiger partial charge is 0.370 e.